The minimum atomic E-state index is -0.193. The van der Waals surface area contributed by atoms with Crippen LogP contribution >= 0.6 is 0 Å². The third-order valence-electron chi connectivity index (χ3n) is 19.4. The molecule has 11 aromatic rings. The van der Waals surface area contributed by atoms with Crippen LogP contribution in [0.1, 0.15) is 183 Å². The molecule has 1 aliphatic heterocycles. The van der Waals surface area contributed by atoms with Crippen LogP contribution in [0.25, 0.3) is 94.5 Å². The second-order valence-electron chi connectivity index (χ2n) is 31.9. The van der Waals surface area contributed by atoms with Crippen molar-refractivity contribution in [3.05, 3.63) is 209 Å². The van der Waals surface area contributed by atoms with Gasteiger partial charge in [0, 0.05) is 23.0 Å². The van der Waals surface area contributed by atoms with Crippen LogP contribution in [0.15, 0.2) is 164 Å². The largest absolute Gasteiger partial charge is 0.458 e. The number of imidazole rings is 1. The molecule has 8 aromatic carbocycles. The van der Waals surface area contributed by atoms with Crippen LogP contribution in [-0.4, -0.2) is 14.1 Å². The van der Waals surface area contributed by atoms with E-state index in [1.165, 1.54) is 88.8 Å². The van der Waals surface area contributed by atoms with Gasteiger partial charge in [-0.3, -0.25) is 13.7 Å². The van der Waals surface area contributed by atoms with Gasteiger partial charge in [-0.2, -0.15) is 0 Å². The molecule has 442 valence electrons. The van der Waals surface area contributed by atoms with Gasteiger partial charge in [0.15, 0.2) is 0 Å². The summed E-state index contributed by atoms with van der Waals surface area (Å²) in [5.74, 6) is 2.37. The quantitative estimate of drug-likeness (QED) is 0.127. The Morgan fingerprint density at radius 3 is 1.59 bits per heavy atom. The van der Waals surface area contributed by atoms with Crippen molar-refractivity contribution >= 4 is 32.8 Å². The van der Waals surface area contributed by atoms with Gasteiger partial charge in [0.1, 0.15) is 17.3 Å². The number of rotatable bonds is 5. The lowest BCUT2D eigenvalue weighted by Crippen LogP contribution is -2.34. The van der Waals surface area contributed by atoms with Crippen molar-refractivity contribution in [2.24, 2.45) is 0 Å². The van der Waals surface area contributed by atoms with Crippen LogP contribution in [0.2, 0.25) is 0 Å². The Morgan fingerprint density at radius 2 is 0.954 bits per heavy atom. The Morgan fingerprint density at radius 1 is 0.425 bits per heavy atom. The van der Waals surface area contributed by atoms with Gasteiger partial charge in [0.25, 0.3) is 6.33 Å². The predicted octanol–water partition coefficient (Wildman–Crippen LogP) is 21.8. The average molecular weight is 1150 g/mol. The molecule has 0 bridgehead atoms. The van der Waals surface area contributed by atoms with Crippen LogP contribution in [0.4, 0.5) is 0 Å². The van der Waals surface area contributed by atoms with Gasteiger partial charge in [0.2, 0.25) is 0 Å². The minimum Gasteiger partial charge on any atom is -0.458 e. The predicted molar refractivity (Wildman–Crippen MR) is 366 cm³/mol. The van der Waals surface area contributed by atoms with E-state index in [1.54, 1.807) is 0 Å². The summed E-state index contributed by atoms with van der Waals surface area (Å²) in [5, 5.41) is 2.33. The molecule has 1 aliphatic carbocycles. The summed E-state index contributed by atoms with van der Waals surface area (Å²) in [4.78, 5) is 4.98. The number of benzene rings is 8. The van der Waals surface area contributed by atoms with Gasteiger partial charge < -0.3 is 4.74 Å². The van der Waals surface area contributed by atoms with Crippen LogP contribution in [0, 0.1) is 6.33 Å². The van der Waals surface area contributed by atoms with Crippen molar-refractivity contribution in [1.82, 2.24) is 14.1 Å². The Hall–Kier alpha value is -8.02. The normalized spacial score (nSPS) is 14.9. The molecule has 2 aliphatic rings. The summed E-state index contributed by atoms with van der Waals surface area (Å²) in [6, 6.07) is 60.0. The van der Waals surface area contributed by atoms with E-state index < -0.39 is 0 Å². The highest BCUT2D eigenvalue weighted by atomic mass is 16.5. The maximum atomic E-state index is 7.08. The molecule has 0 unspecified atom stereocenters. The van der Waals surface area contributed by atoms with Gasteiger partial charge in [-0.05, 0) is 195 Å². The molecule has 3 aromatic heterocycles. The minimum absolute atomic E-state index is 0.00359. The summed E-state index contributed by atoms with van der Waals surface area (Å²) in [6.07, 6.45) is 8.42. The lowest BCUT2D eigenvalue weighted by atomic mass is 9.62. The number of pyridine rings is 1. The van der Waals surface area contributed by atoms with Crippen LogP contribution in [0.3, 0.4) is 0 Å². The molecule has 13 rings (SSSR count). The second kappa shape index (κ2) is 19.7. The van der Waals surface area contributed by atoms with E-state index in [0.29, 0.717) is 0 Å². The van der Waals surface area contributed by atoms with E-state index in [1.807, 2.05) is 6.20 Å². The van der Waals surface area contributed by atoms with E-state index in [2.05, 4.69) is 309 Å². The standard InChI is InChI=1S/C82H88N4O/c1-76(2,3)51-33-36-83-73(44-51)86-70-30-23-22-29-61(70)62-32-31-58(46-71(62)86)87-57-26-24-25-56(45-57)84-49-85-74-63(50-37-52(77(4,5)6)39-53(38-50)78(7,8)9)40-54(79(10,11)12)41-67(74)65-48-69-68(81(16,17)34-35-82(69,18)19)47-64(65)59-27-20-21-28-60(59)66-42-55(80(13,14)15)43-72(84)75(66)85/h20-33,36-48H,34-35H2,1-19H3. The number of aromatic nitrogens is 4. The zero-order valence-corrected chi connectivity index (χ0v) is 55.2. The molecule has 87 heavy (non-hydrogen) atoms. The van der Waals surface area contributed by atoms with Crippen molar-refractivity contribution < 1.29 is 9.30 Å². The molecule has 0 amide bonds. The number of para-hydroxylation sites is 1. The lowest BCUT2D eigenvalue weighted by molar-refractivity contribution is -0.570. The zero-order chi connectivity index (χ0) is 61.9. The zero-order valence-electron chi connectivity index (χ0n) is 55.2. The molecule has 5 heteroatoms. The maximum Gasteiger partial charge on any atom is 0.269 e. The highest BCUT2D eigenvalue weighted by Crippen LogP contribution is 2.54. The van der Waals surface area contributed by atoms with Crippen molar-refractivity contribution in [1.29, 1.82) is 0 Å². The van der Waals surface area contributed by atoms with Crippen molar-refractivity contribution in [3.63, 3.8) is 0 Å². The van der Waals surface area contributed by atoms with Crippen LogP contribution in [-0.2, 0) is 37.9 Å². The first-order chi connectivity index (χ1) is 40.7. The molecule has 0 saturated heterocycles. The third kappa shape index (κ3) is 10.0. The molecule has 0 atom stereocenters. The Balaban J connectivity index is 1.12. The highest BCUT2D eigenvalue weighted by molar-refractivity contribution is 6.09. The van der Waals surface area contributed by atoms with Gasteiger partial charge in [0.05, 0.1) is 33.4 Å². The van der Waals surface area contributed by atoms with Crippen molar-refractivity contribution in [2.75, 3.05) is 0 Å². The fraction of sp³-hybridized carbons (Fsp3) is 0.341. The number of hydrogen-bond acceptors (Lipinski definition) is 2. The summed E-state index contributed by atoms with van der Waals surface area (Å²) < 4.78 is 14.2. The molecule has 0 spiro atoms. The molecule has 0 saturated carbocycles. The van der Waals surface area contributed by atoms with Gasteiger partial charge in [-0.1, -0.05) is 223 Å². The number of hydrogen-bond donors (Lipinski definition) is 0. The summed E-state index contributed by atoms with van der Waals surface area (Å²) >= 11 is 0. The number of fused-ring (bicyclic) bond motifs is 11. The van der Waals surface area contributed by atoms with E-state index in [0.717, 1.165) is 69.0 Å². The summed E-state index contributed by atoms with van der Waals surface area (Å²) in [5.41, 5.74) is 24.9. The maximum absolute atomic E-state index is 7.08. The number of ether oxygens (including phenoxy) is 1. The van der Waals surface area contributed by atoms with Gasteiger partial charge in [-0.15, -0.1) is 0 Å². The molecular weight excluding hydrogens is 1060 g/mol. The first-order valence-corrected chi connectivity index (χ1v) is 31.7. The lowest BCUT2D eigenvalue weighted by Gasteiger charge is -2.42. The Labute approximate surface area is 518 Å². The Kier molecular flexibility index (Phi) is 13.2. The number of nitrogens with zero attached hydrogens (tertiary/aromatic N) is 4. The molecule has 0 fully saturated rings. The van der Waals surface area contributed by atoms with E-state index in [-0.39, 0.29) is 37.9 Å². The Bertz CT molecular complexity index is 4580. The fourth-order valence-electron chi connectivity index (χ4n) is 13.7. The summed E-state index contributed by atoms with van der Waals surface area (Å²) in [7, 11) is 0. The average Bonchev–Trinajstić information content (AvgIpc) is 1.67. The van der Waals surface area contributed by atoms with Gasteiger partial charge >= 0.3 is 0 Å². The molecule has 4 heterocycles. The summed E-state index contributed by atoms with van der Waals surface area (Å²) in [6.45, 7) is 44.9. The SMILES string of the molecule is CC(C)(C)c1cc(-c2cc(C(C)(C)C)cc3c2-[n+]2[c-]n(-c4cccc(Oc5ccc6c7ccccc7n(-c7cc(C(C)(C)C)ccn7)c6c5)c4)c4cc(C(C)(C)C)cc(c42)-c2ccccc2-c2cc4c(cc2-3)C(C)(C)CCC4(C)C)cc(C(C)(C)C)c1. The smallest absolute Gasteiger partial charge is 0.269 e. The van der Waals surface area contributed by atoms with Crippen molar-refractivity contribution in [2.45, 2.75) is 182 Å². The van der Waals surface area contributed by atoms with E-state index in [4.69, 9.17) is 9.72 Å². The van der Waals surface area contributed by atoms with E-state index >= 15 is 0 Å². The molecule has 0 radical (unpaired) electrons. The van der Waals surface area contributed by atoms with Crippen LogP contribution < -0.4 is 9.30 Å². The third-order valence-corrected chi connectivity index (χ3v) is 19.4. The molecule has 0 N–H and O–H groups in total. The van der Waals surface area contributed by atoms with Crippen molar-refractivity contribution in [3.8, 4) is 73.2 Å². The first kappa shape index (κ1) is 58.0. The monoisotopic (exact) mass is 1140 g/mol. The fourth-order valence-corrected chi connectivity index (χ4v) is 13.7. The van der Waals surface area contributed by atoms with Gasteiger partial charge in [-0.25, -0.2) is 4.98 Å². The molecule has 5 nitrogen and oxygen atoms in total. The van der Waals surface area contributed by atoms with E-state index in [9.17, 15) is 0 Å². The van der Waals surface area contributed by atoms with Crippen LogP contribution in [0.5, 0.6) is 11.5 Å². The second-order valence-corrected chi connectivity index (χ2v) is 31.9. The first-order valence-electron chi connectivity index (χ1n) is 31.7. The topological polar surface area (TPSA) is 35.9 Å². The highest BCUT2D eigenvalue weighted by Gasteiger charge is 2.40. The molecular formula is C82H88N4O.